The van der Waals surface area contributed by atoms with Gasteiger partial charge in [0.15, 0.2) is 11.5 Å². The van der Waals surface area contributed by atoms with E-state index in [9.17, 15) is 9.59 Å². The lowest BCUT2D eigenvalue weighted by Gasteiger charge is -2.26. The molecule has 2 amide bonds. The van der Waals surface area contributed by atoms with E-state index in [0.29, 0.717) is 24.7 Å². The maximum Gasteiger partial charge on any atom is 0.238 e. The molecule has 0 unspecified atom stereocenters. The lowest BCUT2D eigenvalue weighted by Crippen LogP contribution is -2.44. The topological polar surface area (TPSA) is 79.9 Å². The second-order valence-electron chi connectivity index (χ2n) is 7.80. The van der Waals surface area contributed by atoms with Gasteiger partial charge in [-0.2, -0.15) is 0 Å². The fourth-order valence-electron chi connectivity index (χ4n) is 3.55. The molecule has 1 aliphatic rings. The molecule has 0 spiro atoms. The van der Waals surface area contributed by atoms with E-state index in [1.165, 1.54) is 0 Å². The third kappa shape index (κ3) is 5.73. The molecule has 7 heteroatoms. The van der Waals surface area contributed by atoms with Crippen LogP contribution in [0.15, 0.2) is 36.4 Å². The van der Waals surface area contributed by atoms with Gasteiger partial charge in [-0.1, -0.05) is 29.8 Å². The first-order chi connectivity index (χ1) is 14.3. The number of carbonyl (C=O) groups excluding carboxylic acids is 2. The Kier molecular flexibility index (Phi) is 6.95. The molecule has 1 aliphatic heterocycles. The number of fused-ring (bicyclic) bond motifs is 1. The maximum atomic E-state index is 12.4. The van der Waals surface area contributed by atoms with E-state index in [0.717, 1.165) is 22.4 Å². The van der Waals surface area contributed by atoms with Gasteiger partial charge in [0.2, 0.25) is 11.8 Å². The summed E-state index contributed by atoms with van der Waals surface area (Å²) >= 11 is 0. The molecular weight excluding hydrogens is 382 g/mol. The van der Waals surface area contributed by atoms with Crippen molar-refractivity contribution < 1.29 is 19.1 Å². The number of hydrogen-bond acceptors (Lipinski definition) is 5. The van der Waals surface area contributed by atoms with Crippen molar-refractivity contribution in [3.63, 3.8) is 0 Å². The van der Waals surface area contributed by atoms with Crippen molar-refractivity contribution in [1.29, 1.82) is 0 Å². The first-order valence-electron chi connectivity index (χ1n) is 10.0. The van der Waals surface area contributed by atoms with Gasteiger partial charge in [0, 0.05) is 5.69 Å². The highest BCUT2D eigenvalue weighted by Gasteiger charge is 2.21. The number of amides is 2. The Morgan fingerprint density at radius 1 is 1.03 bits per heavy atom. The Labute approximate surface area is 177 Å². The number of carbonyl (C=O) groups is 2. The van der Waals surface area contributed by atoms with Gasteiger partial charge in [0.25, 0.3) is 0 Å². The fraction of sp³-hybridized carbons (Fsp3) is 0.391. The summed E-state index contributed by atoms with van der Waals surface area (Å²) in [6, 6.07) is 11.5. The monoisotopic (exact) mass is 411 g/mol. The van der Waals surface area contributed by atoms with Crippen LogP contribution in [0.4, 0.5) is 5.69 Å². The second-order valence-corrected chi connectivity index (χ2v) is 7.80. The predicted molar refractivity (Wildman–Crippen MR) is 116 cm³/mol. The van der Waals surface area contributed by atoms with Crippen LogP contribution >= 0.6 is 0 Å². The average Bonchev–Trinajstić information content (AvgIpc) is 2.68. The summed E-state index contributed by atoms with van der Waals surface area (Å²) < 4.78 is 11.5. The zero-order chi connectivity index (χ0) is 21.7. The molecule has 7 nitrogen and oxygen atoms in total. The van der Waals surface area contributed by atoms with Crippen LogP contribution in [-0.4, -0.2) is 56.1 Å². The maximum absolute atomic E-state index is 12.4. The molecule has 0 aromatic heterocycles. The highest BCUT2D eigenvalue weighted by Crippen LogP contribution is 2.30. The van der Waals surface area contributed by atoms with Crippen LogP contribution in [-0.2, 0) is 9.59 Å². The molecule has 30 heavy (non-hydrogen) atoms. The zero-order valence-electron chi connectivity index (χ0n) is 18.0. The Hall–Kier alpha value is -3.06. The smallest absolute Gasteiger partial charge is 0.238 e. The molecule has 0 saturated carbocycles. The second kappa shape index (κ2) is 9.63. The lowest BCUT2D eigenvalue weighted by molar-refractivity contribution is -0.123. The molecule has 2 N–H and O–H groups in total. The van der Waals surface area contributed by atoms with Gasteiger partial charge in [0.05, 0.1) is 19.6 Å². The molecule has 2 aromatic carbocycles. The summed E-state index contributed by atoms with van der Waals surface area (Å²) in [5.41, 5.74) is 4.04. The Morgan fingerprint density at radius 2 is 1.67 bits per heavy atom. The van der Waals surface area contributed by atoms with E-state index < -0.39 is 0 Å². The van der Waals surface area contributed by atoms with E-state index >= 15 is 0 Å². The average molecular weight is 412 g/mol. The van der Waals surface area contributed by atoms with Crippen molar-refractivity contribution in [2.75, 3.05) is 38.6 Å². The van der Waals surface area contributed by atoms with Crippen LogP contribution < -0.4 is 20.1 Å². The molecule has 0 bridgehead atoms. The minimum absolute atomic E-state index is 0.115. The molecule has 0 saturated heterocycles. The number of hydrogen-bond donors (Lipinski definition) is 2. The van der Waals surface area contributed by atoms with E-state index in [4.69, 9.17) is 9.47 Å². The number of likely N-dealkylation sites (N-methyl/N-ethyl adjacent to an activating group) is 1. The number of anilines is 1. The molecule has 3 rings (SSSR count). The van der Waals surface area contributed by atoms with Gasteiger partial charge in [-0.25, -0.2) is 0 Å². The molecule has 1 heterocycles. The SMILES string of the molecule is Cc1cc(C)c(NC(=O)CN(C)CC(=O)NC[C@H]2COc3ccccc3O2)c(C)c1. The number of aryl methyl sites for hydroxylation is 3. The Balaban J connectivity index is 1.42. The van der Waals surface area contributed by atoms with Crippen LogP contribution in [0.5, 0.6) is 11.5 Å². The van der Waals surface area contributed by atoms with Crippen LogP contribution in [0.25, 0.3) is 0 Å². The minimum atomic E-state index is -0.245. The molecule has 0 fully saturated rings. The van der Waals surface area contributed by atoms with Crippen LogP contribution in [0.3, 0.4) is 0 Å². The van der Waals surface area contributed by atoms with Gasteiger partial charge in [-0.15, -0.1) is 0 Å². The molecule has 160 valence electrons. The number of para-hydroxylation sites is 2. The molecule has 0 radical (unpaired) electrons. The summed E-state index contributed by atoms with van der Waals surface area (Å²) in [7, 11) is 1.74. The first kappa shape index (κ1) is 21.6. The van der Waals surface area contributed by atoms with E-state index in [1.54, 1.807) is 11.9 Å². The van der Waals surface area contributed by atoms with Gasteiger partial charge in [-0.3, -0.25) is 14.5 Å². The van der Waals surface area contributed by atoms with Gasteiger partial charge in [0.1, 0.15) is 12.7 Å². The van der Waals surface area contributed by atoms with Crippen LogP contribution in [0, 0.1) is 20.8 Å². The number of nitrogens with zero attached hydrogens (tertiary/aromatic N) is 1. The van der Waals surface area contributed by atoms with E-state index in [-0.39, 0.29) is 31.0 Å². The third-order valence-electron chi connectivity index (χ3n) is 4.86. The van der Waals surface area contributed by atoms with Crippen molar-refractivity contribution in [2.45, 2.75) is 26.9 Å². The van der Waals surface area contributed by atoms with Crippen LogP contribution in [0.1, 0.15) is 16.7 Å². The number of ether oxygens (including phenoxy) is 2. The van der Waals surface area contributed by atoms with Crippen molar-refractivity contribution in [1.82, 2.24) is 10.2 Å². The van der Waals surface area contributed by atoms with Gasteiger partial charge >= 0.3 is 0 Å². The third-order valence-corrected chi connectivity index (χ3v) is 4.86. The van der Waals surface area contributed by atoms with Crippen molar-refractivity contribution in [3.8, 4) is 11.5 Å². The van der Waals surface area contributed by atoms with Crippen molar-refractivity contribution >= 4 is 17.5 Å². The Morgan fingerprint density at radius 3 is 2.37 bits per heavy atom. The largest absolute Gasteiger partial charge is 0.486 e. The summed E-state index contributed by atoms with van der Waals surface area (Å²) in [6.07, 6.45) is -0.245. The zero-order valence-corrected chi connectivity index (χ0v) is 18.0. The quantitative estimate of drug-likeness (QED) is 0.732. The lowest BCUT2D eigenvalue weighted by atomic mass is 10.1. The highest BCUT2D eigenvalue weighted by molar-refractivity contribution is 5.94. The van der Waals surface area contributed by atoms with E-state index in [1.807, 2.05) is 57.2 Å². The van der Waals surface area contributed by atoms with Crippen LogP contribution in [0.2, 0.25) is 0 Å². The minimum Gasteiger partial charge on any atom is -0.486 e. The standard InChI is InChI=1S/C23H29N3O4/c1-15-9-16(2)23(17(3)10-15)25-22(28)13-26(4)12-21(27)24-11-18-14-29-19-7-5-6-8-20(19)30-18/h5-10,18H,11-14H2,1-4H3,(H,24,27)(H,25,28)/t18-/m0/s1. The molecule has 1 atom stereocenters. The number of rotatable bonds is 7. The number of nitrogens with one attached hydrogen (secondary N) is 2. The van der Waals surface area contributed by atoms with E-state index in [2.05, 4.69) is 10.6 Å². The molecular formula is C23H29N3O4. The fourth-order valence-corrected chi connectivity index (χ4v) is 3.55. The Bertz CT molecular complexity index is 905. The summed E-state index contributed by atoms with van der Waals surface area (Å²) in [5.74, 6) is 1.07. The summed E-state index contributed by atoms with van der Waals surface area (Å²) in [6.45, 7) is 6.94. The number of benzene rings is 2. The first-order valence-corrected chi connectivity index (χ1v) is 10.0. The molecule has 0 aliphatic carbocycles. The van der Waals surface area contributed by atoms with Gasteiger partial charge < -0.3 is 20.1 Å². The van der Waals surface area contributed by atoms with Crippen molar-refractivity contribution in [2.24, 2.45) is 0 Å². The highest BCUT2D eigenvalue weighted by atomic mass is 16.6. The normalized spacial score (nSPS) is 15.0. The predicted octanol–water partition coefficient (Wildman–Crippen LogP) is 2.44. The summed E-state index contributed by atoms with van der Waals surface area (Å²) in [5, 5.41) is 5.80. The summed E-state index contributed by atoms with van der Waals surface area (Å²) in [4.78, 5) is 26.3. The molecule has 2 aromatic rings. The van der Waals surface area contributed by atoms with Crippen molar-refractivity contribution in [3.05, 3.63) is 53.1 Å². The van der Waals surface area contributed by atoms with Gasteiger partial charge in [-0.05, 0) is 51.1 Å².